The molecule has 1 atom stereocenters. The standard InChI is InChI=1S/C10H13NO4/c12-8-2-1-6(9(13)10(8)14)7-5-15-4-3-11-7/h1-2,7,11-14H,3-5H2. The van der Waals surface area contributed by atoms with E-state index in [9.17, 15) is 10.2 Å². The summed E-state index contributed by atoms with van der Waals surface area (Å²) in [5.74, 6) is -1.11. The van der Waals surface area contributed by atoms with Crippen molar-refractivity contribution in [1.29, 1.82) is 0 Å². The van der Waals surface area contributed by atoms with Gasteiger partial charge in [0.05, 0.1) is 19.3 Å². The second-order valence-electron chi connectivity index (χ2n) is 3.45. The summed E-state index contributed by atoms with van der Waals surface area (Å²) >= 11 is 0. The fraction of sp³-hybridized carbons (Fsp3) is 0.400. The van der Waals surface area contributed by atoms with Crippen molar-refractivity contribution in [3.05, 3.63) is 17.7 Å². The minimum Gasteiger partial charge on any atom is -0.504 e. The zero-order valence-corrected chi connectivity index (χ0v) is 8.10. The van der Waals surface area contributed by atoms with Crippen LogP contribution in [-0.4, -0.2) is 35.1 Å². The Bertz CT molecular complexity index is 361. The molecule has 0 radical (unpaired) electrons. The van der Waals surface area contributed by atoms with E-state index in [0.717, 1.165) is 0 Å². The van der Waals surface area contributed by atoms with Crippen LogP contribution in [0.25, 0.3) is 0 Å². The molecule has 0 spiro atoms. The number of rotatable bonds is 1. The van der Waals surface area contributed by atoms with Crippen LogP contribution >= 0.6 is 0 Å². The van der Waals surface area contributed by atoms with Gasteiger partial charge < -0.3 is 25.4 Å². The van der Waals surface area contributed by atoms with Crippen molar-refractivity contribution in [2.24, 2.45) is 0 Å². The normalized spacial score (nSPS) is 21.5. The molecule has 5 heteroatoms. The largest absolute Gasteiger partial charge is 0.504 e. The maximum atomic E-state index is 9.63. The Labute approximate surface area is 86.9 Å². The zero-order chi connectivity index (χ0) is 10.8. The van der Waals surface area contributed by atoms with Gasteiger partial charge in [-0.3, -0.25) is 0 Å². The van der Waals surface area contributed by atoms with E-state index in [1.165, 1.54) is 6.07 Å². The summed E-state index contributed by atoms with van der Waals surface area (Å²) in [6.45, 7) is 1.78. The number of phenolic OH excluding ortho intramolecular Hbond substituents is 3. The minimum atomic E-state index is -0.486. The highest BCUT2D eigenvalue weighted by molar-refractivity contribution is 5.54. The van der Waals surface area contributed by atoms with Crippen LogP contribution in [0.1, 0.15) is 11.6 Å². The van der Waals surface area contributed by atoms with Gasteiger partial charge in [-0.05, 0) is 12.1 Å². The van der Waals surface area contributed by atoms with E-state index in [1.807, 2.05) is 0 Å². The highest BCUT2D eigenvalue weighted by Crippen LogP contribution is 2.39. The van der Waals surface area contributed by atoms with Crippen molar-refractivity contribution in [1.82, 2.24) is 5.32 Å². The van der Waals surface area contributed by atoms with Crippen LogP contribution in [0.15, 0.2) is 12.1 Å². The number of hydrogen-bond donors (Lipinski definition) is 4. The lowest BCUT2D eigenvalue weighted by atomic mass is 10.0. The highest BCUT2D eigenvalue weighted by Gasteiger charge is 2.21. The van der Waals surface area contributed by atoms with E-state index in [-0.39, 0.29) is 17.5 Å². The van der Waals surface area contributed by atoms with Gasteiger partial charge >= 0.3 is 0 Å². The van der Waals surface area contributed by atoms with Crippen LogP contribution in [0.3, 0.4) is 0 Å². The van der Waals surface area contributed by atoms with E-state index in [1.54, 1.807) is 6.07 Å². The van der Waals surface area contributed by atoms with Crippen LogP contribution in [0.4, 0.5) is 0 Å². The Morgan fingerprint density at radius 1 is 1.20 bits per heavy atom. The average Bonchev–Trinajstić information content (AvgIpc) is 2.27. The van der Waals surface area contributed by atoms with E-state index in [2.05, 4.69) is 5.32 Å². The first kappa shape index (κ1) is 10.1. The highest BCUT2D eigenvalue weighted by atomic mass is 16.5. The predicted molar refractivity (Wildman–Crippen MR) is 53.0 cm³/mol. The molecule has 0 bridgehead atoms. The SMILES string of the molecule is Oc1ccc(C2COCCN2)c(O)c1O. The number of benzene rings is 1. The second kappa shape index (κ2) is 3.96. The molecule has 1 aliphatic rings. The molecule has 1 aliphatic heterocycles. The Morgan fingerprint density at radius 3 is 2.67 bits per heavy atom. The van der Waals surface area contributed by atoms with Gasteiger partial charge in [-0.25, -0.2) is 0 Å². The lowest BCUT2D eigenvalue weighted by Crippen LogP contribution is -2.34. The monoisotopic (exact) mass is 211 g/mol. The van der Waals surface area contributed by atoms with Crippen LogP contribution < -0.4 is 5.32 Å². The maximum Gasteiger partial charge on any atom is 0.200 e. The first-order valence-corrected chi connectivity index (χ1v) is 4.75. The molecule has 1 fully saturated rings. The number of hydrogen-bond acceptors (Lipinski definition) is 5. The number of morpholine rings is 1. The number of aromatic hydroxyl groups is 3. The third kappa shape index (κ3) is 1.84. The predicted octanol–water partition coefficient (Wildman–Crippen LogP) is 0.464. The molecule has 2 rings (SSSR count). The van der Waals surface area contributed by atoms with Gasteiger partial charge in [0, 0.05) is 12.1 Å². The van der Waals surface area contributed by atoms with E-state index >= 15 is 0 Å². The molecule has 0 aliphatic carbocycles. The summed E-state index contributed by atoms with van der Waals surface area (Å²) in [6, 6.07) is 2.77. The van der Waals surface area contributed by atoms with Crippen LogP contribution in [-0.2, 0) is 4.74 Å². The van der Waals surface area contributed by atoms with Crippen molar-refractivity contribution in [3.8, 4) is 17.2 Å². The van der Waals surface area contributed by atoms with E-state index in [0.29, 0.717) is 25.3 Å². The van der Waals surface area contributed by atoms with Crippen LogP contribution in [0.5, 0.6) is 17.2 Å². The van der Waals surface area contributed by atoms with Crippen molar-refractivity contribution in [2.45, 2.75) is 6.04 Å². The smallest absolute Gasteiger partial charge is 0.200 e. The molecule has 4 N–H and O–H groups in total. The third-order valence-corrected chi connectivity index (χ3v) is 2.46. The molecule has 0 aromatic heterocycles. The molecular weight excluding hydrogens is 198 g/mol. The Balaban J connectivity index is 2.31. The van der Waals surface area contributed by atoms with Gasteiger partial charge in [-0.1, -0.05) is 0 Å². The lowest BCUT2D eigenvalue weighted by Gasteiger charge is -2.24. The summed E-state index contributed by atoms with van der Waals surface area (Å²) in [5.41, 5.74) is 0.532. The number of phenols is 3. The average molecular weight is 211 g/mol. The van der Waals surface area contributed by atoms with E-state index < -0.39 is 5.75 Å². The topological polar surface area (TPSA) is 82.0 Å². The van der Waals surface area contributed by atoms with Crippen molar-refractivity contribution in [3.63, 3.8) is 0 Å². The van der Waals surface area contributed by atoms with Gasteiger partial charge in [0.2, 0.25) is 5.75 Å². The van der Waals surface area contributed by atoms with Gasteiger partial charge in [-0.15, -0.1) is 0 Å². The Morgan fingerprint density at radius 2 is 2.00 bits per heavy atom. The summed E-state index contributed by atoms with van der Waals surface area (Å²) in [5, 5.41) is 31.3. The summed E-state index contributed by atoms with van der Waals surface area (Å²) in [6.07, 6.45) is 0. The molecule has 15 heavy (non-hydrogen) atoms. The number of ether oxygens (including phenoxy) is 1. The molecule has 5 nitrogen and oxygen atoms in total. The molecule has 1 saturated heterocycles. The van der Waals surface area contributed by atoms with Crippen LogP contribution in [0, 0.1) is 0 Å². The second-order valence-corrected chi connectivity index (χ2v) is 3.45. The van der Waals surface area contributed by atoms with Crippen molar-refractivity contribution >= 4 is 0 Å². The number of nitrogens with one attached hydrogen (secondary N) is 1. The van der Waals surface area contributed by atoms with Gasteiger partial charge in [0.1, 0.15) is 0 Å². The maximum absolute atomic E-state index is 9.63. The van der Waals surface area contributed by atoms with Crippen molar-refractivity contribution < 1.29 is 20.1 Å². The molecule has 1 aromatic carbocycles. The van der Waals surface area contributed by atoms with Crippen molar-refractivity contribution in [2.75, 3.05) is 19.8 Å². The van der Waals surface area contributed by atoms with Gasteiger partial charge in [0.15, 0.2) is 11.5 Å². The van der Waals surface area contributed by atoms with Gasteiger partial charge in [0.25, 0.3) is 0 Å². The molecule has 1 heterocycles. The zero-order valence-electron chi connectivity index (χ0n) is 8.10. The summed E-state index contributed by atoms with van der Waals surface area (Å²) in [4.78, 5) is 0. The third-order valence-electron chi connectivity index (χ3n) is 2.46. The Kier molecular flexibility index (Phi) is 2.66. The summed E-state index contributed by atoms with van der Waals surface area (Å²) in [7, 11) is 0. The molecule has 1 aromatic rings. The fourth-order valence-electron chi connectivity index (χ4n) is 1.63. The quantitative estimate of drug-likeness (QED) is 0.507. The first-order valence-electron chi connectivity index (χ1n) is 4.75. The van der Waals surface area contributed by atoms with E-state index in [4.69, 9.17) is 9.84 Å². The molecular formula is C10H13NO4. The Hall–Kier alpha value is -1.46. The van der Waals surface area contributed by atoms with Crippen LogP contribution in [0.2, 0.25) is 0 Å². The van der Waals surface area contributed by atoms with Gasteiger partial charge in [-0.2, -0.15) is 0 Å². The fourth-order valence-corrected chi connectivity index (χ4v) is 1.63. The minimum absolute atomic E-state index is 0.148. The lowest BCUT2D eigenvalue weighted by molar-refractivity contribution is 0.0759. The molecule has 82 valence electrons. The molecule has 0 amide bonds. The summed E-state index contributed by atoms with van der Waals surface area (Å²) < 4.78 is 5.24. The molecule has 0 saturated carbocycles. The molecule has 1 unspecified atom stereocenters. The first-order chi connectivity index (χ1) is 7.20.